The summed E-state index contributed by atoms with van der Waals surface area (Å²) in [5.74, 6) is 0. The second-order valence-corrected chi connectivity index (χ2v) is 5.82. The first-order valence-corrected chi connectivity index (χ1v) is 8.56. The molecule has 9 nitrogen and oxygen atoms in total. The van der Waals surface area contributed by atoms with E-state index in [9.17, 15) is 14.9 Å². The second-order valence-electron chi connectivity index (χ2n) is 5.82. The van der Waals surface area contributed by atoms with Gasteiger partial charge in [0.15, 0.2) is 6.10 Å². The van der Waals surface area contributed by atoms with Gasteiger partial charge in [0.05, 0.1) is 13.2 Å². The van der Waals surface area contributed by atoms with Gasteiger partial charge in [-0.1, -0.05) is 36.8 Å². The molecular formula is C17H26N2O7. The number of amides is 1. The molecule has 0 saturated heterocycles. The number of rotatable bonds is 7. The third-order valence-corrected chi connectivity index (χ3v) is 3.75. The van der Waals surface area contributed by atoms with E-state index in [1.807, 2.05) is 30.3 Å². The Bertz CT molecular complexity index is 517. The molecule has 0 aromatic heterocycles. The summed E-state index contributed by atoms with van der Waals surface area (Å²) in [6, 6.07) is 9.86. The molecule has 0 unspecified atom stereocenters. The fourth-order valence-electron chi connectivity index (χ4n) is 2.39. The van der Waals surface area contributed by atoms with Crippen molar-refractivity contribution in [2.24, 2.45) is 0 Å². The van der Waals surface area contributed by atoms with Crippen molar-refractivity contribution < 1.29 is 29.7 Å². The van der Waals surface area contributed by atoms with Gasteiger partial charge in [0.2, 0.25) is 0 Å². The van der Waals surface area contributed by atoms with E-state index < -0.39 is 24.4 Å². The molecule has 1 fully saturated rings. The number of carbonyl (C=O) groups excluding carboxylic acids is 1. The van der Waals surface area contributed by atoms with Crippen molar-refractivity contribution in [3.63, 3.8) is 0 Å². The maximum atomic E-state index is 11.6. The van der Waals surface area contributed by atoms with Crippen molar-refractivity contribution >= 4 is 6.09 Å². The highest BCUT2D eigenvalue weighted by molar-refractivity contribution is 5.67. The van der Waals surface area contributed by atoms with Gasteiger partial charge < -0.3 is 25.1 Å². The minimum atomic E-state index is -1.11. The zero-order chi connectivity index (χ0) is 19.2. The van der Waals surface area contributed by atoms with Crippen LogP contribution in [-0.4, -0.2) is 46.8 Å². The van der Waals surface area contributed by atoms with Gasteiger partial charge in [0.25, 0.3) is 5.09 Å². The number of alkyl carbamates (subject to hydrolysis) is 1. The number of nitrogens with one attached hydrogen (secondary N) is 1. The van der Waals surface area contributed by atoms with Crippen molar-refractivity contribution in [2.45, 2.75) is 50.9 Å². The van der Waals surface area contributed by atoms with E-state index >= 15 is 0 Å². The van der Waals surface area contributed by atoms with Crippen LogP contribution in [0.4, 0.5) is 4.79 Å². The molecular weight excluding hydrogens is 344 g/mol. The van der Waals surface area contributed by atoms with Gasteiger partial charge in [-0.3, -0.25) is 0 Å². The molecule has 1 aliphatic rings. The lowest BCUT2D eigenvalue weighted by Gasteiger charge is -2.21. The lowest BCUT2D eigenvalue weighted by molar-refractivity contribution is -0.769. The normalized spacial score (nSPS) is 14.1. The van der Waals surface area contributed by atoms with Crippen LogP contribution in [0.3, 0.4) is 0 Å². The molecule has 26 heavy (non-hydrogen) atoms. The highest BCUT2D eigenvalue weighted by atomic mass is 17.0. The molecule has 0 bridgehead atoms. The van der Waals surface area contributed by atoms with E-state index in [2.05, 4.69) is 10.2 Å². The van der Waals surface area contributed by atoms with E-state index in [-0.39, 0.29) is 12.2 Å². The molecule has 9 heteroatoms. The largest absolute Gasteiger partial charge is 0.446 e. The Hall–Kier alpha value is -2.39. The van der Waals surface area contributed by atoms with Crippen LogP contribution in [0.15, 0.2) is 30.3 Å². The van der Waals surface area contributed by atoms with Crippen molar-refractivity contribution in [3.05, 3.63) is 46.0 Å². The van der Waals surface area contributed by atoms with Crippen LogP contribution in [-0.2, 0) is 16.1 Å². The number of hydrogen-bond donors (Lipinski definition) is 3. The van der Waals surface area contributed by atoms with Crippen LogP contribution >= 0.6 is 0 Å². The molecule has 0 heterocycles. The van der Waals surface area contributed by atoms with E-state index in [0.29, 0.717) is 6.54 Å². The van der Waals surface area contributed by atoms with Crippen LogP contribution < -0.4 is 5.32 Å². The number of carbonyl (C=O) groups is 1. The molecule has 1 aliphatic carbocycles. The highest BCUT2D eigenvalue weighted by Crippen LogP contribution is 2.20. The van der Waals surface area contributed by atoms with Crippen LogP contribution in [0.1, 0.15) is 37.7 Å². The second kappa shape index (κ2) is 12.9. The molecule has 1 aromatic rings. The fraction of sp³-hybridized carbons (Fsp3) is 0.588. The number of benzene rings is 1. The van der Waals surface area contributed by atoms with Crippen LogP contribution in [0, 0.1) is 10.1 Å². The zero-order valence-corrected chi connectivity index (χ0v) is 14.6. The summed E-state index contributed by atoms with van der Waals surface area (Å²) in [7, 11) is 0. The average molecular weight is 370 g/mol. The predicted molar refractivity (Wildman–Crippen MR) is 92.7 cm³/mol. The lowest BCUT2D eigenvalue weighted by atomic mass is 9.98. The van der Waals surface area contributed by atoms with Crippen LogP contribution in [0.25, 0.3) is 0 Å². The molecule has 1 aromatic carbocycles. The summed E-state index contributed by atoms with van der Waals surface area (Å²) in [4.78, 5) is 24.8. The molecule has 1 amide bonds. The van der Waals surface area contributed by atoms with Crippen LogP contribution in [0.2, 0.25) is 0 Å². The minimum absolute atomic E-state index is 0.125. The van der Waals surface area contributed by atoms with Gasteiger partial charge in [-0.15, -0.1) is 10.1 Å². The monoisotopic (exact) mass is 370 g/mol. The minimum Gasteiger partial charge on any atom is -0.446 e. The summed E-state index contributed by atoms with van der Waals surface area (Å²) in [5, 5.41) is 27.6. The molecule has 0 aliphatic heterocycles. The van der Waals surface area contributed by atoms with Crippen molar-refractivity contribution in [1.29, 1.82) is 0 Å². The molecule has 1 saturated carbocycles. The lowest BCUT2D eigenvalue weighted by Crippen LogP contribution is -2.29. The molecule has 0 spiro atoms. The summed E-state index contributed by atoms with van der Waals surface area (Å²) >= 11 is 0. The smallest absolute Gasteiger partial charge is 0.407 e. The zero-order valence-electron chi connectivity index (χ0n) is 14.6. The van der Waals surface area contributed by atoms with Crippen LogP contribution in [0.5, 0.6) is 0 Å². The Balaban J connectivity index is 0.000000321. The third kappa shape index (κ3) is 9.80. The summed E-state index contributed by atoms with van der Waals surface area (Å²) in [6.07, 6.45) is 4.37. The molecule has 0 atom stereocenters. The summed E-state index contributed by atoms with van der Waals surface area (Å²) < 4.78 is 5.36. The van der Waals surface area contributed by atoms with Crippen molar-refractivity contribution in [2.75, 3.05) is 13.2 Å². The van der Waals surface area contributed by atoms with Gasteiger partial charge in [-0.05, 0) is 31.2 Å². The topological polar surface area (TPSA) is 131 Å². The molecule has 3 N–H and O–H groups in total. The highest BCUT2D eigenvalue weighted by Gasteiger charge is 2.17. The van der Waals surface area contributed by atoms with Gasteiger partial charge in [0.1, 0.15) is 6.10 Å². The maximum Gasteiger partial charge on any atom is 0.407 e. The first kappa shape index (κ1) is 21.7. The number of aliphatic hydroxyl groups excluding tert-OH is 2. The average Bonchev–Trinajstić information content (AvgIpc) is 2.66. The number of aliphatic hydroxyl groups is 2. The Morgan fingerprint density at radius 2 is 1.81 bits per heavy atom. The van der Waals surface area contributed by atoms with Gasteiger partial charge in [-0.25, -0.2) is 4.79 Å². The van der Waals surface area contributed by atoms with Gasteiger partial charge in [-0.2, -0.15) is 0 Å². The van der Waals surface area contributed by atoms with E-state index in [1.165, 1.54) is 19.3 Å². The van der Waals surface area contributed by atoms with E-state index in [1.54, 1.807) is 0 Å². The van der Waals surface area contributed by atoms with Gasteiger partial charge in [0, 0.05) is 6.54 Å². The summed E-state index contributed by atoms with van der Waals surface area (Å²) in [5.41, 5.74) is 1.09. The predicted octanol–water partition coefficient (Wildman–Crippen LogP) is 1.79. The molecule has 2 rings (SSSR count). The third-order valence-electron chi connectivity index (χ3n) is 3.75. The van der Waals surface area contributed by atoms with Crippen molar-refractivity contribution in [1.82, 2.24) is 5.32 Å². The van der Waals surface area contributed by atoms with E-state index in [0.717, 1.165) is 18.4 Å². The first-order valence-electron chi connectivity index (χ1n) is 8.56. The molecule has 146 valence electrons. The Kier molecular flexibility index (Phi) is 10.7. The summed E-state index contributed by atoms with van der Waals surface area (Å²) in [6.45, 7) is -0.582. The van der Waals surface area contributed by atoms with Crippen molar-refractivity contribution in [3.8, 4) is 0 Å². The number of ether oxygens (including phenoxy) is 1. The van der Waals surface area contributed by atoms with E-state index in [4.69, 9.17) is 14.9 Å². The standard InChI is InChI=1S/C14H19NO2.C3H7NO5/c16-14(17-13-9-5-2-6-10-13)15-11-12-7-3-1-4-8-12;5-1-3(2-6)9-4(7)8/h1,3-4,7-8,13H,2,5-6,9-11H2,(H,15,16);3,5-6H,1-2H2. The number of hydrogen-bond acceptors (Lipinski definition) is 7. The maximum absolute atomic E-state index is 11.6. The van der Waals surface area contributed by atoms with Gasteiger partial charge >= 0.3 is 6.09 Å². The number of nitrogens with zero attached hydrogens (tertiary/aromatic N) is 1. The molecule has 0 radical (unpaired) electrons. The Labute approximate surface area is 152 Å². The Morgan fingerprint density at radius 1 is 1.19 bits per heavy atom. The first-order chi connectivity index (χ1) is 12.5. The quantitative estimate of drug-likeness (QED) is 0.492. The SMILES string of the molecule is O=C(NCc1ccccc1)OC1CCCCC1.O=[N+]([O-])OC(CO)CO. The fourth-order valence-corrected chi connectivity index (χ4v) is 2.39. The Morgan fingerprint density at radius 3 is 2.31 bits per heavy atom.